The lowest BCUT2D eigenvalue weighted by Crippen LogP contribution is -2.46. The Morgan fingerprint density at radius 2 is 1.83 bits per heavy atom. The highest BCUT2D eigenvalue weighted by Crippen LogP contribution is 2.21. The predicted molar refractivity (Wildman–Crippen MR) is 95.3 cm³/mol. The maximum atomic E-state index is 12.2. The maximum absolute atomic E-state index is 12.2. The Bertz CT molecular complexity index is 537. The number of rotatable bonds is 6. The Morgan fingerprint density at radius 3 is 2.42 bits per heavy atom. The van der Waals surface area contributed by atoms with Crippen LogP contribution in [-0.4, -0.2) is 42.4 Å². The van der Waals surface area contributed by atoms with Gasteiger partial charge in [-0.3, -0.25) is 9.59 Å². The van der Waals surface area contributed by atoms with Gasteiger partial charge in [-0.05, 0) is 37.7 Å². The summed E-state index contributed by atoms with van der Waals surface area (Å²) in [7, 11) is 0. The zero-order chi connectivity index (χ0) is 17.5. The summed E-state index contributed by atoms with van der Waals surface area (Å²) in [5, 5.41) is 2.70. The molecule has 2 atom stereocenters. The predicted octanol–water partition coefficient (Wildman–Crippen LogP) is 1.57. The van der Waals surface area contributed by atoms with E-state index in [0.29, 0.717) is 5.92 Å². The van der Waals surface area contributed by atoms with Crippen molar-refractivity contribution >= 4 is 11.8 Å². The molecule has 1 aromatic carbocycles. The average molecular weight is 331 g/mol. The lowest BCUT2D eigenvalue weighted by molar-refractivity contribution is -0.134. The monoisotopic (exact) mass is 331 g/mol. The van der Waals surface area contributed by atoms with Crippen molar-refractivity contribution in [1.82, 2.24) is 10.2 Å². The first-order valence-corrected chi connectivity index (χ1v) is 8.82. The SMILES string of the molecule is CC(N)C(C)C(=O)NCC(=O)N1CCC(Cc2ccccc2)CC1. The van der Waals surface area contributed by atoms with Crippen molar-refractivity contribution in [2.24, 2.45) is 17.6 Å². The average Bonchev–Trinajstić information content (AvgIpc) is 2.60. The van der Waals surface area contributed by atoms with Crippen molar-refractivity contribution in [3.63, 3.8) is 0 Å². The van der Waals surface area contributed by atoms with E-state index in [1.54, 1.807) is 13.8 Å². The summed E-state index contributed by atoms with van der Waals surface area (Å²) in [6.45, 7) is 5.19. The molecule has 0 aliphatic carbocycles. The summed E-state index contributed by atoms with van der Waals surface area (Å²) in [4.78, 5) is 26.0. The van der Waals surface area contributed by atoms with Crippen LogP contribution in [0.4, 0.5) is 0 Å². The molecular formula is C19H29N3O2. The van der Waals surface area contributed by atoms with Gasteiger partial charge in [-0.2, -0.15) is 0 Å². The van der Waals surface area contributed by atoms with E-state index in [9.17, 15) is 9.59 Å². The van der Waals surface area contributed by atoms with Crippen LogP contribution >= 0.6 is 0 Å². The fourth-order valence-electron chi connectivity index (χ4n) is 3.01. The van der Waals surface area contributed by atoms with Gasteiger partial charge in [0.15, 0.2) is 0 Å². The zero-order valence-electron chi connectivity index (χ0n) is 14.7. The molecule has 2 rings (SSSR count). The van der Waals surface area contributed by atoms with Gasteiger partial charge in [0.05, 0.1) is 6.54 Å². The molecular weight excluding hydrogens is 302 g/mol. The molecule has 3 N–H and O–H groups in total. The number of nitrogens with one attached hydrogen (secondary N) is 1. The van der Waals surface area contributed by atoms with Crippen molar-refractivity contribution in [2.45, 2.75) is 39.2 Å². The van der Waals surface area contributed by atoms with Crippen LogP contribution in [0.3, 0.4) is 0 Å². The highest BCUT2D eigenvalue weighted by molar-refractivity contribution is 5.86. The number of benzene rings is 1. The van der Waals surface area contributed by atoms with Crippen LogP contribution in [0.25, 0.3) is 0 Å². The minimum Gasteiger partial charge on any atom is -0.347 e. The third-order valence-electron chi connectivity index (χ3n) is 4.95. The number of amides is 2. The first kappa shape index (κ1) is 18.5. The summed E-state index contributed by atoms with van der Waals surface area (Å²) < 4.78 is 0. The normalized spacial score (nSPS) is 18.0. The molecule has 24 heavy (non-hydrogen) atoms. The molecule has 2 amide bonds. The Kier molecular flexibility index (Phi) is 6.79. The maximum Gasteiger partial charge on any atom is 0.241 e. The van der Waals surface area contributed by atoms with Crippen LogP contribution in [0.5, 0.6) is 0 Å². The van der Waals surface area contributed by atoms with Crippen LogP contribution in [0.1, 0.15) is 32.3 Å². The van der Waals surface area contributed by atoms with Crippen molar-refractivity contribution in [1.29, 1.82) is 0 Å². The number of hydrogen-bond donors (Lipinski definition) is 2. The lowest BCUT2D eigenvalue weighted by atomic mass is 9.90. The molecule has 1 saturated heterocycles. The zero-order valence-corrected chi connectivity index (χ0v) is 14.7. The van der Waals surface area contributed by atoms with Gasteiger partial charge in [0.2, 0.25) is 11.8 Å². The molecule has 5 nitrogen and oxygen atoms in total. The molecule has 132 valence electrons. The molecule has 0 aromatic heterocycles. The first-order valence-electron chi connectivity index (χ1n) is 8.82. The van der Waals surface area contributed by atoms with Gasteiger partial charge in [-0.15, -0.1) is 0 Å². The molecule has 1 aromatic rings. The molecule has 1 aliphatic heterocycles. The number of carbonyl (C=O) groups excluding carboxylic acids is 2. The topological polar surface area (TPSA) is 75.4 Å². The smallest absolute Gasteiger partial charge is 0.241 e. The summed E-state index contributed by atoms with van der Waals surface area (Å²) in [6.07, 6.45) is 3.11. The first-order chi connectivity index (χ1) is 11.5. The van der Waals surface area contributed by atoms with E-state index >= 15 is 0 Å². The second kappa shape index (κ2) is 8.83. The molecule has 0 bridgehead atoms. The summed E-state index contributed by atoms with van der Waals surface area (Å²) in [6, 6.07) is 10.3. The highest BCUT2D eigenvalue weighted by Gasteiger charge is 2.24. The summed E-state index contributed by atoms with van der Waals surface area (Å²) in [5.41, 5.74) is 7.07. The molecule has 0 saturated carbocycles. The van der Waals surface area contributed by atoms with Crippen molar-refractivity contribution in [3.8, 4) is 0 Å². The molecule has 1 fully saturated rings. The van der Waals surface area contributed by atoms with E-state index in [4.69, 9.17) is 5.73 Å². The standard InChI is InChI=1S/C19H29N3O2/c1-14(15(2)20)19(24)21-13-18(23)22-10-8-17(9-11-22)12-16-6-4-3-5-7-16/h3-7,14-15,17H,8-13,20H2,1-2H3,(H,21,24). The van der Waals surface area contributed by atoms with Gasteiger partial charge in [0.1, 0.15) is 0 Å². The lowest BCUT2D eigenvalue weighted by Gasteiger charge is -2.32. The van der Waals surface area contributed by atoms with Crippen LogP contribution in [0, 0.1) is 11.8 Å². The van der Waals surface area contributed by atoms with Gasteiger partial charge in [0.25, 0.3) is 0 Å². The van der Waals surface area contributed by atoms with E-state index < -0.39 is 0 Å². The Hall–Kier alpha value is -1.88. The molecule has 2 unspecified atom stereocenters. The number of nitrogens with two attached hydrogens (primary N) is 1. The number of carbonyl (C=O) groups is 2. The minimum atomic E-state index is -0.283. The van der Waals surface area contributed by atoms with E-state index in [1.165, 1.54) is 5.56 Å². The van der Waals surface area contributed by atoms with E-state index in [2.05, 4.69) is 29.6 Å². The fraction of sp³-hybridized carbons (Fsp3) is 0.579. The van der Waals surface area contributed by atoms with E-state index in [0.717, 1.165) is 32.4 Å². The third-order valence-corrected chi connectivity index (χ3v) is 4.95. The third kappa shape index (κ3) is 5.34. The van der Waals surface area contributed by atoms with Gasteiger partial charge >= 0.3 is 0 Å². The van der Waals surface area contributed by atoms with Gasteiger partial charge in [0, 0.05) is 25.0 Å². The van der Waals surface area contributed by atoms with Crippen LogP contribution in [0.2, 0.25) is 0 Å². The number of nitrogens with zero attached hydrogens (tertiary/aromatic N) is 1. The summed E-state index contributed by atoms with van der Waals surface area (Å²) in [5.74, 6) is 0.189. The largest absolute Gasteiger partial charge is 0.347 e. The number of likely N-dealkylation sites (tertiary alicyclic amines) is 1. The van der Waals surface area contributed by atoms with Gasteiger partial charge < -0.3 is 16.0 Å². The van der Waals surface area contributed by atoms with Crippen molar-refractivity contribution in [2.75, 3.05) is 19.6 Å². The van der Waals surface area contributed by atoms with E-state index in [1.807, 2.05) is 11.0 Å². The van der Waals surface area contributed by atoms with Gasteiger partial charge in [-0.1, -0.05) is 37.3 Å². The van der Waals surface area contributed by atoms with Crippen LogP contribution < -0.4 is 11.1 Å². The molecule has 1 heterocycles. The van der Waals surface area contributed by atoms with E-state index in [-0.39, 0.29) is 30.3 Å². The molecule has 5 heteroatoms. The Labute approximate surface area is 144 Å². The van der Waals surface area contributed by atoms with Gasteiger partial charge in [-0.25, -0.2) is 0 Å². The Morgan fingerprint density at radius 1 is 1.21 bits per heavy atom. The minimum absolute atomic E-state index is 0.00149. The van der Waals surface area contributed by atoms with Crippen LogP contribution in [0.15, 0.2) is 30.3 Å². The molecule has 0 radical (unpaired) electrons. The Balaban J connectivity index is 1.71. The van der Waals surface area contributed by atoms with Crippen LogP contribution in [-0.2, 0) is 16.0 Å². The summed E-state index contributed by atoms with van der Waals surface area (Å²) >= 11 is 0. The van der Waals surface area contributed by atoms with Crippen molar-refractivity contribution < 1.29 is 9.59 Å². The quantitative estimate of drug-likeness (QED) is 0.831. The second-order valence-electron chi connectivity index (χ2n) is 6.88. The number of hydrogen-bond acceptors (Lipinski definition) is 3. The number of piperidine rings is 1. The second-order valence-corrected chi connectivity index (χ2v) is 6.88. The van der Waals surface area contributed by atoms with Crippen molar-refractivity contribution in [3.05, 3.63) is 35.9 Å². The fourth-order valence-corrected chi connectivity index (χ4v) is 3.01. The molecule has 1 aliphatic rings. The molecule has 0 spiro atoms. The highest BCUT2D eigenvalue weighted by atomic mass is 16.2.